The minimum atomic E-state index is -1.08. The van der Waals surface area contributed by atoms with Crippen LogP contribution in [0.1, 0.15) is 45.7 Å². The fraction of sp³-hybridized carbons (Fsp3) is 0.263. The number of aromatic hydroxyl groups is 2. The molecular formula is C38H38O14. The lowest BCUT2D eigenvalue weighted by Crippen LogP contribution is -2.11. The van der Waals surface area contributed by atoms with Crippen LogP contribution < -0.4 is 28.4 Å². The van der Waals surface area contributed by atoms with Crippen molar-refractivity contribution < 1.29 is 67.3 Å². The van der Waals surface area contributed by atoms with Gasteiger partial charge in [-0.1, -0.05) is 12.2 Å². The molecule has 14 heteroatoms. The van der Waals surface area contributed by atoms with Gasteiger partial charge in [-0.15, -0.1) is 13.2 Å². The van der Waals surface area contributed by atoms with Crippen molar-refractivity contribution >= 4 is 45.4 Å². The first-order valence-corrected chi connectivity index (χ1v) is 15.5. The SMILES string of the molecule is C=CCc1cc2c(-c3c(O)c(C(=O)OC)c(OC)c4c(OC(C)=O)c(OC)c(CC=C)cc34)c(O)c(C(=O)OC)c(OC)c2c(OC(C)=O)c1OC. The molecule has 0 bridgehead atoms. The molecule has 0 spiro atoms. The monoisotopic (exact) mass is 718 g/mol. The van der Waals surface area contributed by atoms with Crippen molar-refractivity contribution in [1.82, 2.24) is 0 Å². The summed E-state index contributed by atoms with van der Waals surface area (Å²) in [5.41, 5.74) is -0.817. The lowest BCUT2D eigenvalue weighted by Gasteiger charge is -2.25. The first-order valence-electron chi connectivity index (χ1n) is 15.5. The van der Waals surface area contributed by atoms with Crippen LogP contribution >= 0.6 is 0 Å². The van der Waals surface area contributed by atoms with Gasteiger partial charge >= 0.3 is 23.9 Å². The van der Waals surface area contributed by atoms with Crippen LogP contribution in [-0.4, -0.2) is 76.7 Å². The van der Waals surface area contributed by atoms with Gasteiger partial charge in [0.1, 0.15) is 34.1 Å². The Morgan fingerprint density at radius 3 is 1.15 bits per heavy atom. The molecule has 0 aliphatic carbocycles. The Kier molecular flexibility index (Phi) is 11.5. The number of rotatable bonds is 13. The number of hydrogen-bond donors (Lipinski definition) is 2. The van der Waals surface area contributed by atoms with E-state index in [1.165, 1.54) is 28.4 Å². The van der Waals surface area contributed by atoms with Crippen LogP contribution in [0.25, 0.3) is 32.7 Å². The van der Waals surface area contributed by atoms with Crippen molar-refractivity contribution in [2.45, 2.75) is 26.7 Å². The van der Waals surface area contributed by atoms with Gasteiger partial charge in [0.25, 0.3) is 0 Å². The molecule has 4 aromatic carbocycles. The molecule has 4 rings (SSSR count). The number of phenols is 2. The number of ether oxygens (including phenoxy) is 8. The summed E-state index contributed by atoms with van der Waals surface area (Å²) in [7, 11) is 7.26. The Bertz CT molecular complexity index is 2010. The molecule has 0 atom stereocenters. The zero-order valence-electron chi connectivity index (χ0n) is 29.9. The second-order valence-electron chi connectivity index (χ2n) is 11.1. The molecule has 0 saturated carbocycles. The Labute approximate surface area is 298 Å². The molecule has 2 N–H and O–H groups in total. The summed E-state index contributed by atoms with van der Waals surface area (Å²) in [6.45, 7) is 9.92. The summed E-state index contributed by atoms with van der Waals surface area (Å²) in [5, 5.41) is 24.4. The number of carbonyl (C=O) groups is 4. The average molecular weight is 719 g/mol. The fourth-order valence-electron chi connectivity index (χ4n) is 6.24. The van der Waals surface area contributed by atoms with Crippen molar-refractivity contribution in [3.8, 4) is 57.1 Å². The lowest BCUT2D eigenvalue weighted by atomic mass is 9.85. The predicted octanol–water partition coefficient (Wildman–Crippen LogP) is 5.99. The van der Waals surface area contributed by atoms with Crippen molar-refractivity contribution in [3.63, 3.8) is 0 Å². The molecule has 0 radical (unpaired) electrons. The first-order chi connectivity index (χ1) is 24.8. The van der Waals surface area contributed by atoms with Crippen LogP contribution in [0, 0.1) is 0 Å². The normalized spacial score (nSPS) is 10.7. The molecule has 0 aromatic heterocycles. The fourth-order valence-corrected chi connectivity index (χ4v) is 6.24. The van der Waals surface area contributed by atoms with Crippen molar-refractivity contribution in [2.75, 3.05) is 42.7 Å². The maximum atomic E-state index is 13.5. The minimum Gasteiger partial charge on any atom is -0.506 e. The summed E-state index contributed by atoms with van der Waals surface area (Å²) >= 11 is 0. The summed E-state index contributed by atoms with van der Waals surface area (Å²) in [5.74, 6) is -6.06. The van der Waals surface area contributed by atoms with Crippen LogP contribution in [0.15, 0.2) is 37.4 Å². The van der Waals surface area contributed by atoms with Crippen LogP contribution in [0.2, 0.25) is 0 Å². The van der Waals surface area contributed by atoms with Crippen LogP contribution in [0.3, 0.4) is 0 Å². The number of hydrogen-bond acceptors (Lipinski definition) is 14. The zero-order valence-corrected chi connectivity index (χ0v) is 29.9. The van der Waals surface area contributed by atoms with Crippen molar-refractivity contribution in [2.24, 2.45) is 0 Å². The van der Waals surface area contributed by atoms with Gasteiger partial charge in [-0.25, -0.2) is 9.59 Å². The molecule has 0 fully saturated rings. The summed E-state index contributed by atoms with van der Waals surface area (Å²) in [6.07, 6.45) is 3.40. The zero-order chi connectivity index (χ0) is 38.6. The van der Waals surface area contributed by atoms with E-state index >= 15 is 0 Å². The number of fused-ring (bicyclic) bond motifs is 2. The maximum Gasteiger partial charge on any atom is 0.345 e. The summed E-state index contributed by atoms with van der Waals surface area (Å²) < 4.78 is 44.2. The highest BCUT2D eigenvalue weighted by Crippen LogP contribution is 2.58. The van der Waals surface area contributed by atoms with Gasteiger partial charge in [-0.2, -0.15) is 0 Å². The topological polar surface area (TPSA) is 183 Å². The van der Waals surface area contributed by atoms with E-state index in [1.54, 1.807) is 24.3 Å². The molecule has 52 heavy (non-hydrogen) atoms. The van der Waals surface area contributed by atoms with E-state index in [-0.39, 0.29) is 80.0 Å². The lowest BCUT2D eigenvalue weighted by molar-refractivity contribution is -0.132. The van der Waals surface area contributed by atoms with Gasteiger partial charge in [-0.3, -0.25) is 9.59 Å². The highest BCUT2D eigenvalue weighted by Gasteiger charge is 2.37. The van der Waals surface area contributed by atoms with Crippen molar-refractivity contribution in [1.29, 1.82) is 0 Å². The van der Waals surface area contributed by atoms with E-state index in [0.29, 0.717) is 11.1 Å². The largest absolute Gasteiger partial charge is 0.506 e. The molecule has 14 nitrogen and oxygen atoms in total. The quantitative estimate of drug-likeness (QED) is 0.0934. The van der Waals surface area contributed by atoms with E-state index in [0.717, 1.165) is 28.1 Å². The third-order valence-electron chi connectivity index (χ3n) is 8.09. The molecular weight excluding hydrogens is 680 g/mol. The van der Waals surface area contributed by atoms with E-state index in [9.17, 15) is 29.4 Å². The van der Waals surface area contributed by atoms with Crippen molar-refractivity contribution in [3.05, 3.63) is 59.7 Å². The van der Waals surface area contributed by atoms with Gasteiger partial charge in [0.15, 0.2) is 23.0 Å². The van der Waals surface area contributed by atoms with Gasteiger partial charge in [0.05, 0.1) is 53.4 Å². The van der Waals surface area contributed by atoms with Gasteiger partial charge in [0.2, 0.25) is 0 Å². The summed E-state index contributed by atoms with van der Waals surface area (Å²) in [4.78, 5) is 52.2. The number of methoxy groups -OCH3 is 6. The standard InChI is InChI=1S/C38H38O14/c1-11-13-19-15-21-23(29(41)27(37(43)49-9)33(47-7)25(21)35(31(19)45-5)51-17(3)39)24-22-16-20(14-12-2)32(46-6)36(52-18(4)40)26(22)34(48-8)28(30(24)42)38(44)50-10/h11-12,15-16,41-42H,1-2,13-14H2,3-10H3. The number of benzene rings is 4. The first kappa shape index (κ1) is 38.4. The molecule has 4 aromatic rings. The second kappa shape index (κ2) is 15.6. The molecule has 0 saturated heterocycles. The minimum absolute atomic E-state index is 0.0450. The average Bonchev–Trinajstić information content (AvgIpc) is 3.10. The Morgan fingerprint density at radius 1 is 0.577 bits per heavy atom. The predicted molar refractivity (Wildman–Crippen MR) is 190 cm³/mol. The third kappa shape index (κ3) is 6.34. The maximum absolute atomic E-state index is 13.5. The van der Waals surface area contributed by atoms with Crippen LogP contribution in [0.5, 0.6) is 46.0 Å². The molecule has 0 aliphatic rings. The smallest absolute Gasteiger partial charge is 0.345 e. The highest BCUT2D eigenvalue weighted by molar-refractivity contribution is 6.22. The third-order valence-corrected chi connectivity index (χ3v) is 8.09. The molecule has 0 aliphatic heterocycles. The number of allylic oxidation sites excluding steroid dienone is 2. The number of carbonyl (C=O) groups excluding carboxylic acids is 4. The van der Waals surface area contributed by atoms with Gasteiger partial charge < -0.3 is 48.1 Å². The summed E-state index contributed by atoms with van der Waals surface area (Å²) in [6, 6.07) is 3.10. The molecule has 274 valence electrons. The number of phenolic OH excluding ortho intramolecular Hbond substituents is 2. The second-order valence-corrected chi connectivity index (χ2v) is 11.1. The Morgan fingerprint density at radius 2 is 0.904 bits per heavy atom. The number of esters is 4. The van der Waals surface area contributed by atoms with Crippen LogP contribution in [-0.2, 0) is 31.9 Å². The highest BCUT2D eigenvalue weighted by atomic mass is 16.6. The van der Waals surface area contributed by atoms with E-state index < -0.39 is 46.5 Å². The van der Waals surface area contributed by atoms with E-state index in [1.807, 2.05) is 0 Å². The molecule has 0 amide bonds. The van der Waals surface area contributed by atoms with E-state index in [2.05, 4.69) is 13.2 Å². The van der Waals surface area contributed by atoms with Gasteiger partial charge in [0, 0.05) is 46.9 Å². The molecule has 0 heterocycles. The van der Waals surface area contributed by atoms with Gasteiger partial charge in [-0.05, 0) is 25.0 Å². The van der Waals surface area contributed by atoms with E-state index in [4.69, 9.17) is 37.9 Å². The van der Waals surface area contributed by atoms with Crippen LogP contribution in [0.4, 0.5) is 0 Å². The molecule has 0 unspecified atom stereocenters. The Hall–Kier alpha value is -6.44. The Balaban J connectivity index is 2.59.